The van der Waals surface area contributed by atoms with Crippen molar-refractivity contribution in [3.8, 4) is 6.07 Å². The maximum absolute atomic E-state index is 11.9. The molecule has 0 spiro atoms. The van der Waals surface area contributed by atoms with Gasteiger partial charge >= 0.3 is 0 Å². The maximum atomic E-state index is 11.9. The van der Waals surface area contributed by atoms with E-state index in [0.29, 0.717) is 0 Å². The lowest BCUT2D eigenvalue weighted by atomic mass is 10.1. The van der Waals surface area contributed by atoms with Crippen LogP contribution >= 0.6 is 0 Å². The third-order valence-electron chi connectivity index (χ3n) is 3.67. The van der Waals surface area contributed by atoms with Crippen LogP contribution in [-0.4, -0.2) is 73.0 Å². The number of piperazine rings is 1. The molecule has 2 unspecified atom stereocenters. The van der Waals surface area contributed by atoms with Crippen molar-refractivity contribution >= 4 is 5.91 Å². The van der Waals surface area contributed by atoms with Crippen LogP contribution in [0.5, 0.6) is 0 Å². The largest absolute Gasteiger partial charge is 0.347 e. The Balaban J connectivity index is 2.49. The SMILES string of the molecule is CCC(C#N)N1CCN(C(C)C(=O)N(C)C)CC1. The van der Waals surface area contributed by atoms with Gasteiger partial charge in [-0.15, -0.1) is 0 Å². The zero-order valence-electron chi connectivity index (χ0n) is 11.9. The topological polar surface area (TPSA) is 50.6 Å². The lowest BCUT2D eigenvalue weighted by Gasteiger charge is -2.39. The van der Waals surface area contributed by atoms with Gasteiger partial charge in [0.25, 0.3) is 0 Å². The molecule has 0 aromatic heterocycles. The summed E-state index contributed by atoms with van der Waals surface area (Å²) in [6.45, 7) is 7.46. The molecule has 5 heteroatoms. The average Bonchev–Trinajstić information content (AvgIpc) is 2.39. The van der Waals surface area contributed by atoms with Crippen LogP contribution in [0.4, 0.5) is 0 Å². The van der Waals surface area contributed by atoms with E-state index in [9.17, 15) is 4.79 Å². The number of hydrogen-bond acceptors (Lipinski definition) is 4. The number of nitriles is 1. The van der Waals surface area contributed by atoms with Gasteiger partial charge in [-0.3, -0.25) is 14.6 Å². The quantitative estimate of drug-likeness (QED) is 0.726. The van der Waals surface area contributed by atoms with Gasteiger partial charge in [-0.05, 0) is 13.3 Å². The fraction of sp³-hybridized carbons (Fsp3) is 0.846. The molecule has 0 N–H and O–H groups in total. The average molecular weight is 252 g/mol. The van der Waals surface area contributed by atoms with Crippen LogP contribution < -0.4 is 0 Å². The van der Waals surface area contributed by atoms with Crippen LogP contribution in [0.1, 0.15) is 20.3 Å². The van der Waals surface area contributed by atoms with Gasteiger partial charge in [0.1, 0.15) is 0 Å². The van der Waals surface area contributed by atoms with Crippen LogP contribution in [-0.2, 0) is 4.79 Å². The third kappa shape index (κ3) is 3.44. The highest BCUT2D eigenvalue weighted by Crippen LogP contribution is 2.11. The molecule has 0 saturated carbocycles. The predicted octanol–water partition coefficient (Wildman–Crippen LogP) is 0.383. The summed E-state index contributed by atoms with van der Waals surface area (Å²) in [4.78, 5) is 17.9. The minimum Gasteiger partial charge on any atom is -0.347 e. The summed E-state index contributed by atoms with van der Waals surface area (Å²) in [5.74, 6) is 0.149. The summed E-state index contributed by atoms with van der Waals surface area (Å²) in [6, 6.07) is 2.29. The molecular formula is C13H24N4O. The molecule has 5 nitrogen and oxygen atoms in total. The van der Waals surface area contributed by atoms with E-state index in [1.807, 2.05) is 13.8 Å². The van der Waals surface area contributed by atoms with Crippen molar-refractivity contribution in [3.05, 3.63) is 0 Å². The number of hydrogen-bond donors (Lipinski definition) is 0. The Morgan fingerprint density at radius 3 is 2.17 bits per heavy atom. The van der Waals surface area contributed by atoms with Crippen molar-refractivity contribution in [1.29, 1.82) is 5.26 Å². The fourth-order valence-electron chi connectivity index (χ4n) is 2.40. The molecule has 0 bridgehead atoms. The summed E-state index contributed by atoms with van der Waals surface area (Å²) >= 11 is 0. The first-order valence-corrected chi connectivity index (χ1v) is 6.60. The van der Waals surface area contributed by atoms with Crippen molar-refractivity contribution in [3.63, 3.8) is 0 Å². The number of amides is 1. The van der Waals surface area contributed by atoms with Crippen LogP contribution in [0.3, 0.4) is 0 Å². The molecule has 0 aliphatic carbocycles. The van der Waals surface area contributed by atoms with Gasteiger partial charge in [-0.25, -0.2) is 0 Å². The second-order valence-corrected chi connectivity index (χ2v) is 5.03. The molecule has 102 valence electrons. The van der Waals surface area contributed by atoms with Crippen molar-refractivity contribution in [2.45, 2.75) is 32.4 Å². The maximum Gasteiger partial charge on any atom is 0.239 e. The number of rotatable bonds is 4. The van der Waals surface area contributed by atoms with Crippen LogP contribution in [0.15, 0.2) is 0 Å². The summed E-state index contributed by atoms with van der Waals surface area (Å²) < 4.78 is 0. The summed E-state index contributed by atoms with van der Waals surface area (Å²) in [6.07, 6.45) is 0.864. The van der Waals surface area contributed by atoms with Crippen LogP contribution in [0, 0.1) is 11.3 Å². The Kier molecular flexibility index (Phi) is 5.57. The molecule has 1 aliphatic rings. The second kappa shape index (κ2) is 6.72. The molecule has 1 heterocycles. The highest BCUT2D eigenvalue weighted by Gasteiger charge is 2.28. The zero-order valence-corrected chi connectivity index (χ0v) is 11.9. The summed E-state index contributed by atoms with van der Waals surface area (Å²) in [7, 11) is 3.58. The molecule has 0 radical (unpaired) electrons. The first kappa shape index (κ1) is 14.9. The normalized spacial score (nSPS) is 21.1. The Morgan fingerprint density at radius 2 is 1.78 bits per heavy atom. The van der Waals surface area contributed by atoms with Gasteiger partial charge in [0.15, 0.2) is 0 Å². The Labute approximate surface area is 110 Å². The molecule has 1 fully saturated rings. The molecule has 1 saturated heterocycles. The van der Waals surface area contributed by atoms with E-state index in [1.54, 1.807) is 19.0 Å². The minimum atomic E-state index is -0.0655. The van der Waals surface area contributed by atoms with Gasteiger partial charge in [-0.1, -0.05) is 6.92 Å². The van der Waals surface area contributed by atoms with E-state index in [4.69, 9.17) is 5.26 Å². The summed E-state index contributed by atoms with van der Waals surface area (Å²) in [5, 5.41) is 9.05. The summed E-state index contributed by atoms with van der Waals surface area (Å²) in [5.41, 5.74) is 0. The predicted molar refractivity (Wildman–Crippen MR) is 71.0 cm³/mol. The monoisotopic (exact) mass is 252 g/mol. The van der Waals surface area contributed by atoms with Crippen molar-refractivity contribution in [1.82, 2.24) is 14.7 Å². The van der Waals surface area contributed by atoms with E-state index < -0.39 is 0 Å². The fourth-order valence-corrected chi connectivity index (χ4v) is 2.40. The standard InChI is InChI=1S/C13H24N4O/c1-5-12(10-14)17-8-6-16(7-9-17)11(2)13(18)15(3)4/h11-12H,5-9H2,1-4H3. The molecule has 1 amide bonds. The van der Waals surface area contributed by atoms with E-state index in [-0.39, 0.29) is 18.0 Å². The Morgan fingerprint density at radius 1 is 1.28 bits per heavy atom. The minimum absolute atomic E-state index is 0.0204. The lowest BCUT2D eigenvalue weighted by molar-refractivity contribution is -0.134. The second-order valence-electron chi connectivity index (χ2n) is 5.03. The molecular weight excluding hydrogens is 228 g/mol. The Hall–Kier alpha value is -1.12. The molecule has 18 heavy (non-hydrogen) atoms. The number of carbonyl (C=O) groups is 1. The molecule has 0 aromatic carbocycles. The number of nitrogens with zero attached hydrogens (tertiary/aromatic N) is 4. The van der Waals surface area contributed by atoms with Gasteiger partial charge < -0.3 is 4.90 Å². The first-order valence-electron chi connectivity index (χ1n) is 6.60. The number of carbonyl (C=O) groups excluding carboxylic acids is 1. The smallest absolute Gasteiger partial charge is 0.239 e. The van der Waals surface area contributed by atoms with Gasteiger partial charge in [-0.2, -0.15) is 5.26 Å². The highest BCUT2D eigenvalue weighted by atomic mass is 16.2. The van der Waals surface area contributed by atoms with Crippen molar-refractivity contribution < 1.29 is 4.79 Å². The molecule has 0 aromatic rings. The van der Waals surface area contributed by atoms with E-state index >= 15 is 0 Å². The van der Waals surface area contributed by atoms with E-state index in [0.717, 1.165) is 32.6 Å². The molecule has 1 rings (SSSR count). The van der Waals surface area contributed by atoms with E-state index in [1.165, 1.54) is 0 Å². The van der Waals surface area contributed by atoms with Crippen LogP contribution in [0.25, 0.3) is 0 Å². The van der Waals surface area contributed by atoms with Gasteiger partial charge in [0.05, 0.1) is 18.2 Å². The van der Waals surface area contributed by atoms with Gasteiger partial charge in [0, 0.05) is 40.3 Å². The van der Waals surface area contributed by atoms with Crippen molar-refractivity contribution in [2.24, 2.45) is 0 Å². The van der Waals surface area contributed by atoms with E-state index in [2.05, 4.69) is 15.9 Å². The highest BCUT2D eigenvalue weighted by molar-refractivity contribution is 5.80. The van der Waals surface area contributed by atoms with Crippen molar-refractivity contribution in [2.75, 3.05) is 40.3 Å². The van der Waals surface area contributed by atoms with Gasteiger partial charge in [0.2, 0.25) is 5.91 Å². The molecule has 2 atom stereocenters. The Bertz CT molecular complexity index is 315. The number of likely N-dealkylation sites (N-methyl/N-ethyl adjacent to an activating group) is 1. The van der Waals surface area contributed by atoms with Crippen LogP contribution in [0.2, 0.25) is 0 Å². The lowest BCUT2D eigenvalue weighted by Crippen LogP contribution is -2.55. The molecule has 1 aliphatic heterocycles. The first-order chi connectivity index (χ1) is 8.51. The third-order valence-corrected chi connectivity index (χ3v) is 3.67. The zero-order chi connectivity index (χ0) is 13.7.